The van der Waals surface area contributed by atoms with E-state index in [0.29, 0.717) is 42.7 Å². The molecule has 1 saturated heterocycles. The van der Waals surface area contributed by atoms with Crippen molar-refractivity contribution in [3.05, 3.63) is 56.6 Å². The number of nitrogens with zero attached hydrogens (tertiary/aromatic N) is 6. The van der Waals surface area contributed by atoms with E-state index in [1.54, 1.807) is 40.8 Å². The molecule has 2 aromatic heterocycles. The molecule has 3 aromatic rings. The normalized spacial score (nSPS) is 21.1. The number of aryl methyl sites for hydroxylation is 2. The van der Waals surface area contributed by atoms with Gasteiger partial charge in [0, 0.05) is 26.0 Å². The van der Waals surface area contributed by atoms with E-state index < -0.39 is 5.60 Å². The topological polar surface area (TPSA) is 104 Å². The second-order valence-corrected chi connectivity index (χ2v) is 7.68. The molecule has 0 N–H and O–H groups in total. The Labute approximate surface area is 164 Å². The molecule has 4 heterocycles. The van der Waals surface area contributed by atoms with E-state index in [0.717, 1.165) is 0 Å². The Morgan fingerprint density at radius 1 is 1.07 bits per heavy atom. The van der Waals surface area contributed by atoms with Crippen LogP contribution in [0.2, 0.25) is 0 Å². The van der Waals surface area contributed by atoms with Gasteiger partial charge in [-0.25, -0.2) is 14.2 Å². The lowest BCUT2D eigenvalue weighted by molar-refractivity contribution is -0.0816. The number of carbonyl (C=O) groups is 1. The Kier molecular flexibility index (Phi) is 3.75. The number of benzene rings is 1. The van der Waals surface area contributed by atoms with Gasteiger partial charge in [0.05, 0.1) is 18.5 Å². The minimum Gasteiger partial charge on any atom is -0.363 e. The maximum Gasteiger partial charge on any atom is 0.345 e. The largest absolute Gasteiger partial charge is 0.363 e. The van der Waals surface area contributed by atoms with Gasteiger partial charge in [0.2, 0.25) is 0 Å². The third kappa shape index (κ3) is 2.63. The first-order chi connectivity index (χ1) is 13.9. The molecule has 1 unspecified atom stereocenters. The van der Waals surface area contributed by atoms with Gasteiger partial charge in [0.1, 0.15) is 12.2 Å². The van der Waals surface area contributed by atoms with E-state index in [1.165, 1.54) is 16.4 Å². The monoisotopic (exact) mass is 396 g/mol. The highest BCUT2D eigenvalue weighted by Crippen LogP contribution is 2.32. The van der Waals surface area contributed by atoms with Crippen LogP contribution in [0.5, 0.6) is 0 Å². The highest BCUT2D eigenvalue weighted by Gasteiger charge is 2.45. The van der Waals surface area contributed by atoms with E-state index in [2.05, 4.69) is 10.2 Å². The predicted molar refractivity (Wildman–Crippen MR) is 102 cm³/mol. The molecule has 1 spiro atoms. The Bertz CT molecular complexity index is 1270. The van der Waals surface area contributed by atoms with Gasteiger partial charge in [-0.15, -0.1) is 0 Å². The van der Waals surface area contributed by atoms with Crippen molar-refractivity contribution in [2.45, 2.75) is 25.2 Å². The van der Waals surface area contributed by atoms with Gasteiger partial charge in [-0.2, -0.15) is 10.2 Å². The molecule has 0 bridgehead atoms. The molecule has 2 aliphatic heterocycles. The fourth-order valence-electron chi connectivity index (χ4n) is 4.24. The van der Waals surface area contributed by atoms with Crippen LogP contribution < -0.4 is 11.2 Å². The summed E-state index contributed by atoms with van der Waals surface area (Å²) in [7, 11) is 3.15. The molecule has 1 fully saturated rings. The zero-order valence-electron chi connectivity index (χ0n) is 16.2. The summed E-state index contributed by atoms with van der Waals surface area (Å²) in [5.74, 6) is 0.347. The molecule has 0 aliphatic carbocycles. The standard InChI is InChI=1S/C19H20N6O4/c1-22-16(26)13-6-4-3-5-12(13)15(21-22)17(27)24-8-7-19(10-24)11-25-14(9-29-19)20-23(2)18(25)28/h3-6H,7-11H2,1-2H3. The Morgan fingerprint density at radius 3 is 2.62 bits per heavy atom. The lowest BCUT2D eigenvalue weighted by Gasteiger charge is -2.33. The number of rotatable bonds is 1. The Morgan fingerprint density at radius 2 is 1.83 bits per heavy atom. The molecule has 1 atom stereocenters. The van der Waals surface area contributed by atoms with Crippen molar-refractivity contribution < 1.29 is 9.53 Å². The first-order valence-corrected chi connectivity index (χ1v) is 9.41. The van der Waals surface area contributed by atoms with Crippen molar-refractivity contribution in [2.75, 3.05) is 13.1 Å². The number of aromatic nitrogens is 5. The Balaban J connectivity index is 1.47. The van der Waals surface area contributed by atoms with E-state index in [9.17, 15) is 14.4 Å². The third-order valence-electron chi connectivity index (χ3n) is 5.80. The van der Waals surface area contributed by atoms with Crippen molar-refractivity contribution in [1.82, 2.24) is 29.0 Å². The van der Waals surface area contributed by atoms with Crippen LogP contribution in [0, 0.1) is 0 Å². The summed E-state index contributed by atoms with van der Waals surface area (Å²) in [5.41, 5.74) is -0.798. The number of hydrogen-bond acceptors (Lipinski definition) is 6. The van der Waals surface area contributed by atoms with Crippen LogP contribution in [0.25, 0.3) is 10.8 Å². The van der Waals surface area contributed by atoms with Crippen LogP contribution >= 0.6 is 0 Å². The zero-order valence-corrected chi connectivity index (χ0v) is 16.2. The molecule has 0 saturated carbocycles. The SMILES string of the molecule is Cn1nc(C(=O)N2CCC3(C2)Cn2c(nn(C)c2=O)CO3)c2ccccc2c1=O. The summed E-state index contributed by atoms with van der Waals surface area (Å²) in [6.45, 7) is 1.44. The van der Waals surface area contributed by atoms with E-state index in [4.69, 9.17) is 4.74 Å². The van der Waals surface area contributed by atoms with Gasteiger partial charge < -0.3 is 9.64 Å². The number of hydrogen-bond donors (Lipinski definition) is 0. The minimum atomic E-state index is -0.619. The molecule has 2 aliphatic rings. The van der Waals surface area contributed by atoms with Crippen molar-refractivity contribution >= 4 is 16.7 Å². The first-order valence-electron chi connectivity index (χ1n) is 9.41. The zero-order chi connectivity index (χ0) is 20.3. The average molecular weight is 396 g/mol. The molecular formula is C19H20N6O4. The van der Waals surface area contributed by atoms with Gasteiger partial charge >= 0.3 is 5.69 Å². The molecule has 5 rings (SSSR count). The van der Waals surface area contributed by atoms with Gasteiger partial charge in [-0.05, 0) is 12.5 Å². The van der Waals surface area contributed by atoms with Crippen LogP contribution in [0.15, 0.2) is 33.9 Å². The molecule has 10 heteroatoms. The molecule has 150 valence electrons. The number of ether oxygens (including phenoxy) is 1. The molecule has 0 radical (unpaired) electrons. The van der Waals surface area contributed by atoms with E-state index in [1.807, 2.05) is 0 Å². The number of fused-ring (bicyclic) bond motifs is 2. The lowest BCUT2D eigenvalue weighted by atomic mass is 10.0. The summed E-state index contributed by atoms with van der Waals surface area (Å²) >= 11 is 0. The van der Waals surface area contributed by atoms with Crippen molar-refractivity contribution in [1.29, 1.82) is 0 Å². The lowest BCUT2D eigenvalue weighted by Crippen LogP contribution is -2.47. The minimum absolute atomic E-state index is 0.182. The molecular weight excluding hydrogens is 376 g/mol. The van der Waals surface area contributed by atoms with Crippen LogP contribution in [0.4, 0.5) is 0 Å². The highest BCUT2D eigenvalue weighted by atomic mass is 16.5. The third-order valence-corrected chi connectivity index (χ3v) is 5.80. The smallest absolute Gasteiger partial charge is 0.345 e. The fourth-order valence-corrected chi connectivity index (χ4v) is 4.24. The van der Waals surface area contributed by atoms with Gasteiger partial charge in [-0.1, -0.05) is 18.2 Å². The fraction of sp³-hybridized carbons (Fsp3) is 0.421. The Hall–Kier alpha value is -3.27. The van der Waals surface area contributed by atoms with E-state index >= 15 is 0 Å². The quantitative estimate of drug-likeness (QED) is 0.557. The van der Waals surface area contributed by atoms with Crippen molar-refractivity contribution in [3.8, 4) is 0 Å². The van der Waals surface area contributed by atoms with Crippen LogP contribution in [-0.4, -0.2) is 53.6 Å². The number of carbonyl (C=O) groups excluding carboxylic acids is 1. The molecule has 1 aromatic carbocycles. The summed E-state index contributed by atoms with van der Waals surface area (Å²) in [6, 6.07) is 6.98. The summed E-state index contributed by atoms with van der Waals surface area (Å²) in [4.78, 5) is 39.6. The first kappa shape index (κ1) is 17.8. The second-order valence-electron chi connectivity index (χ2n) is 7.68. The predicted octanol–water partition coefficient (Wildman–Crippen LogP) is -0.356. The maximum absolute atomic E-state index is 13.3. The summed E-state index contributed by atoms with van der Waals surface area (Å²) in [5, 5.41) is 9.41. The van der Waals surface area contributed by atoms with Gasteiger partial charge in [0.25, 0.3) is 11.5 Å². The molecule has 1 amide bonds. The van der Waals surface area contributed by atoms with Crippen LogP contribution in [0.3, 0.4) is 0 Å². The molecule has 10 nitrogen and oxygen atoms in total. The number of likely N-dealkylation sites (tertiary alicyclic amines) is 1. The maximum atomic E-state index is 13.3. The highest BCUT2D eigenvalue weighted by molar-refractivity contribution is 6.04. The molecule has 29 heavy (non-hydrogen) atoms. The van der Waals surface area contributed by atoms with Gasteiger partial charge in [0.15, 0.2) is 11.5 Å². The summed E-state index contributed by atoms with van der Waals surface area (Å²) in [6.07, 6.45) is 0.614. The van der Waals surface area contributed by atoms with Crippen molar-refractivity contribution in [2.24, 2.45) is 14.1 Å². The van der Waals surface area contributed by atoms with E-state index in [-0.39, 0.29) is 29.5 Å². The number of amides is 1. The van der Waals surface area contributed by atoms with Crippen molar-refractivity contribution in [3.63, 3.8) is 0 Å². The van der Waals surface area contributed by atoms with Crippen LogP contribution in [-0.2, 0) is 32.0 Å². The van der Waals surface area contributed by atoms with Crippen LogP contribution in [0.1, 0.15) is 22.7 Å². The average Bonchev–Trinajstić information content (AvgIpc) is 3.26. The summed E-state index contributed by atoms with van der Waals surface area (Å²) < 4.78 is 10.2. The second kappa shape index (κ2) is 6.11. The van der Waals surface area contributed by atoms with Gasteiger partial charge in [-0.3, -0.25) is 14.2 Å².